The molecule has 64 valence electrons. The van der Waals surface area contributed by atoms with Crippen LogP contribution in [0, 0.1) is 17.3 Å². The SMILES string of the molecule is CC1(C)C=CC2C=CC(=O)C2C1. The van der Waals surface area contributed by atoms with Crippen molar-refractivity contribution in [3.8, 4) is 0 Å². The summed E-state index contributed by atoms with van der Waals surface area (Å²) in [5, 5.41) is 0. The van der Waals surface area contributed by atoms with E-state index in [1.165, 1.54) is 0 Å². The highest BCUT2D eigenvalue weighted by Crippen LogP contribution is 2.40. The predicted octanol–water partition coefficient (Wildman–Crippen LogP) is 2.34. The smallest absolute Gasteiger partial charge is 0.159 e. The molecule has 12 heavy (non-hydrogen) atoms. The molecule has 0 aliphatic heterocycles. The van der Waals surface area contributed by atoms with E-state index in [0.29, 0.717) is 11.7 Å². The first-order chi connectivity index (χ1) is 5.58. The standard InChI is InChI=1S/C11H14O/c1-11(2)6-5-8-3-4-10(12)9(8)7-11/h3-6,8-9H,7H2,1-2H3. The summed E-state index contributed by atoms with van der Waals surface area (Å²) in [5.41, 5.74) is 0.211. The number of carbonyl (C=O) groups is 1. The fourth-order valence-corrected chi connectivity index (χ4v) is 2.09. The maximum Gasteiger partial charge on any atom is 0.159 e. The van der Waals surface area contributed by atoms with E-state index in [-0.39, 0.29) is 11.3 Å². The molecule has 0 aromatic rings. The second kappa shape index (κ2) is 2.32. The lowest BCUT2D eigenvalue weighted by Gasteiger charge is -2.31. The number of carbonyl (C=O) groups excluding carboxylic acids is 1. The first-order valence-electron chi connectivity index (χ1n) is 4.50. The van der Waals surface area contributed by atoms with Crippen molar-refractivity contribution in [2.45, 2.75) is 20.3 Å². The van der Waals surface area contributed by atoms with Gasteiger partial charge in [-0.15, -0.1) is 0 Å². The van der Waals surface area contributed by atoms with E-state index < -0.39 is 0 Å². The number of ketones is 1. The monoisotopic (exact) mass is 162 g/mol. The first kappa shape index (κ1) is 7.78. The molecule has 0 saturated carbocycles. The largest absolute Gasteiger partial charge is 0.295 e. The molecule has 0 aromatic heterocycles. The van der Waals surface area contributed by atoms with Crippen LogP contribution >= 0.6 is 0 Å². The molecule has 2 atom stereocenters. The maximum atomic E-state index is 11.4. The van der Waals surface area contributed by atoms with E-state index in [4.69, 9.17) is 0 Å². The van der Waals surface area contributed by atoms with Gasteiger partial charge >= 0.3 is 0 Å². The summed E-state index contributed by atoms with van der Waals surface area (Å²) in [6.45, 7) is 4.37. The third-order valence-electron chi connectivity index (χ3n) is 2.83. The molecule has 0 spiro atoms. The van der Waals surface area contributed by atoms with Gasteiger partial charge in [-0.2, -0.15) is 0 Å². The van der Waals surface area contributed by atoms with E-state index in [0.717, 1.165) is 6.42 Å². The van der Waals surface area contributed by atoms with Crippen LogP contribution in [0.3, 0.4) is 0 Å². The average molecular weight is 162 g/mol. The van der Waals surface area contributed by atoms with Crippen LogP contribution in [0.4, 0.5) is 0 Å². The lowest BCUT2D eigenvalue weighted by atomic mass is 9.73. The van der Waals surface area contributed by atoms with E-state index >= 15 is 0 Å². The number of hydrogen-bond acceptors (Lipinski definition) is 1. The predicted molar refractivity (Wildman–Crippen MR) is 48.7 cm³/mol. The van der Waals surface area contributed by atoms with Crippen molar-refractivity contribution in [2.75, 3.05) is 0 Å². The Morgan fingerprint density at radius 3 is 2.92 bits per heavy atom. The molecule has 2 aliphatic rings. The second-order valence-corrected chi connectivity index (χ2v) is 4.50. The van der Waals surface area contributed by atoms with Crippen LogP contribution in [-0.2, 0) is 4.79 Å². The van der Waals surface area contributed by atoms with Crippen LogP contribution in [0.25, 0.3) is 0 Å². The quantitative estimate of drug-likeness (QED) is 0.500. The van der Waals surface area contributed by atoms with Crippen molar-refractivity contribution in [1.82, 2.24) is 0 Å². The number of hydrogen-bond donors (Lipinski definition) is 0. The summed E-state index contributed by atoms with van der Waals surface area (Å²) in [7, 11) is 0. The molecule has 1 nitrogen and oxygen atoms in total. The second-order valence-electron chi connectivity index (χ2n) is 4.50. The molecule has 1 heteroatoms. The number of allylic oxidation sites excluding steroid dienone is 4. The summed E-state index contributed by atoms with van der Waals surface area (Å²) < 4.78 is 0. The molecule has 0 N–H and O–H groups in total. The van der Waals surface area contributed by atoms with Crippen molar-refractivity contribution in [3.63, 3.8) is 0 Å². The first-order valence-corrected chi connectivity index (χ1v) is 4.50. The molecule has 0 aromatic carbocycles. The summed E-state index contributed by atoms with van der Waals surface area (Å²) in [6, 6.07) is 0. The zero-order valence-corrected chi connectivity index (χ0v) is 7.58. The zero-order chi connectivity index (χ0) is 8.77. The molecule has 2 rings (SSSR count). The van der Waals surface area contributed by atoms with E-state index in [9.17, 15) is 4.79 Å². The van der Waals surface area contributed by atoms with Crippen molar-refractivity contribution < 1.29 is 4.79 Å². The minimum absolute atomic E-state index is 0.211. The van der Waals surface area contributed by atoms with Crippen LogP contribution < -0.4 is 0 Å². The van der Waals surface area contributed by atoms with Gasteiger partial charge in [0.15, 0.2) is 5.78 Å². The summed E-state index contributed by atoms with van der Waals surface area (Å²) in [5.74, 6) is 0.952. The van der Waals surface area contributed by atoms with E-state index in [1.54, 1.807) is 6.08 Å². The minimum Gasteiger partial charge on any atom is -0.295 e. The Morgan fingerprint density at radius 2 is 2.17 bits per heavy atom. The van der Waals surface area contributed by atoms with Crippen molar-refractivity contribution in [3.05, 3.63) is 24.3 Å². The summed E-state index contributed by atoms with van der Waals surface area (Å²) in [4.78, 5) is 11.4. The van der Waals surface area contributed by atoms with Gasteiger partial charge in [0.1, 0.15) is 0 Å². The molecule has 2 aliphatic carbocycles. The average Bonchev–Trinajstić information content (AvgIpc) is 2.31. The molecule has 2 unspecified atom stereocenters. The summed E-state index contributed by atoms with van der Waals surface area (Å²) in [6.07, 6.45) is 9.17. The lowest BCUT2D eigenvalue weighted by Crippen LogP contribution is -2.26. The van der Waals surface area contributed by atoms with E-state index in [2.05, 4.69) is 26.0 Å². The Bertz CT molecular complexity index is 271. The van der Waals surface area contributed by atoms with Crippen LogP contribution in [0.1, 0.15) is 20.3 Å². The zero-order valence-electron chi connectivity index (χ0n) is 7.58. The van der Waals surface area contributed by atoms with Gasteiger partial charge in [-0.25, -0.2) is 0 Å². The number of fused-ring (bicyclic) bond motifs is 1. The number of rotatable bonds is 0. The van der Waals surface area contributed by atoms with Gasteiger partial charge in [-0.3, -0.25) is 4.79 Å². The molecule has 0 fully saturated rings. The van der Waals surface area contributed by atoms with Gasteiger partial charge in [0.25, 0.3) is 0 Å². The fraction of sp³-hybridized carbons (Fsp3) is 0.545. The fourth-order valence-electron chi connectivity index (χ4n) is 2.09. The summed E-state index contributed by atoms with van der Waals surface area (Å²) >= 11 is 0. The molecule has 0 radical (unpaired) electrons. The highest BCUT2D eigenvalue weighted by molar-refractivity contribution is 5.95. The Morgan fingerprint density at radius 1 is 1.42 bits per heavy atom. The van der Waals surface area contributed by atoms with Crippen LogP contribution in [0.15, 0.2) is 24.3 Å². The molecule has 0 saturated heterocycles. The molecule has 0 bridgehead atoms. The van der Waals surface area contributed by atoms with Crippen LogP contribution in [-0.4, -0.2) is 5.78 Å². The molecular formula is C11H14O. The minimum atomic E-state index is 0.211. The normalized spacial score (nSPS) is 37.0. The Hall–Kier alpha value is -0.850. The Labute approximate surface area is 73.2 Å². The van der Waals surface area contributed by atoms with Crippen molar-refractivity contribution >= 4 is 5.78 Å². The van der Waals surface area contributed by atoms with Gasteiger partial charge in [-0.1, -0.05) is 32.1 Å². The van der Waals surface area contributed by atoms with Crippen LogP contribution in [0.5, 0.6) is 0 Å². The Kier molecular flexibility index (Phi) is 1.50. The van der Waals surface area contributed by atoms with Crippen LogP contribution in [0.2, 0.25) is 0 Å². The Balaban J connectivity index is 2.27. The van der Waals surface area contributed by atoms with E-state index in [1.807, 2.05) is 6.08 Å². The highest BCUT2D eigenvalue weighted by Gasteiger charge is 2.35. The maximum absolute atomic E-state index is 11.4. The highest BCUT2D eigenvalue weighted by atomic mass is 16.1. The molecule has 0 heterocycles. The van der Waals surface area contributed by atoms with Gasteiger partial charge in [0.2, 0.25) is 0 Å². The van der Waals surface area contributed by atoms with Gasteiger partial charge in [0.05, 0.1) is 0 Å². The van der Waals surface area contributed by atoms with Crippen molar-refractivity contribution in [2.24, 2.45) is 17.3 Å². The van der Waals surface area contributed by atoms with Crippen molar-refractivity contribution in [1.29, 1.82) is 0 Å². The topological polar surface area (TPSA) is 17.1 Å². The third-order valence-corrected chi connectivity index (χ3v) is 2.83. The van der Waals surface area contributed by atoms with Gasteiger partial charge in [0, 0.05) is 11.8 Å². The lowest BCUT2D eigenvalue weighted by molar-refractivity contribution is -0.118. The third kappa shape index (κ3) is 1.13. The molecular weight excluding hydrogens is 148 g/mol. The van der Waals surface area contributed by atoms with Gasteiger partial charge < -0.3 is 0 Å². The molecule has 0 amide bonds. The van der Waals surface area contributed by atoms with Gasteiger partial charge in [-0.05, 0) is 17.9 Å².